The van der Waals surface area contributed by atoms with Gasteiger partial charge >= 0.3 is 0 Å². The third-order valence-electron chi connectivity index (χ3n) is 3.37. The standard InChI is InChI=1S/C14H15Cl2N5O/c1-8-18-13(17)20-14(19-8)21-5-4-10(7-21)22-9-2-3-11(15)12(16)6-9/h2-3,6,10H,4-5,7H2,1H3,(H2,17,18,19,20). The zero-order valence-corrected chi connectivity index (χ0v) is 13.5. The monoisotopic (exact) mass is 339 g/mol. The molecule has 0 radical (unpaired) electrons. The van der Waals surface area contributed by atoms with Gasteiger partial charge in [-0.25, -0.2) is 0 Å². The number of aromatic nitrogens is 3. The van der Waals surface area contributed by atoms with E-state index in [0.29, 0.717) is 34.1 Å². The highest BCUT2D eigenvalue weighted by molar-refractivity contribution is 6.42. The van der Waals surface area contributed by atoms with Crippen molar-refractivity contribution in [1.29, 1.82) is 0 Å². The molecule has 1 aliphatic rings. The lowest BCUT2D eigenvalue weighted by Gasteiger charge is -2.17. The highest BCUT2D eigenvalue weighted by Gasteiger charge is 2.26. The predicted octanol–water partition coefficient (Wildman–Crippen LogP) is 2.73. The van der Waals surface area contributed by atoms with Crippen LogP contribution in [0, 0.1) is 6.92 Å². The van der Waals surface area contributed by atoms with Gasteiger partial charge in [-0.15, -0.1) is 0 Å². The first-order valence-electron chi connectivity index (χ1n) is 6.86. The first-order chi connectivity index (χ1) is 10.5. The van der Waals surface area contributed by atoms with Gasteiger partial charge < -0.3 is 15.4 Å². The molecule has 0 spiro atoms. The van der Waals surface area contributed by atoms with Gasteiger partial charge in [0.25, 0.3) is 0 Å². The van der Waals surface area contributed by atoms with Crippen molar-refractivity contribution in [3.05, 3.63) is 34.1 Å². The van der Waals surface area contributed by atoms with Crippen molar-refractivity contribution in [2.45, 2.75) is 19.4 Å². The first-order valence-corrected chi connectivity index (χ1v) is 7.61. The van der Waals surface area contributed by atoms with E-state index in [9.17, 15) is 0 Å². The van der Waals surface area contributed by atoms with Gasteiger partial charge in [-0.3, -0.25) is 0 Å². The normalized spacial score (nSPS) is 17.8. The lowest BCUT2D eigenvalue weighted by atomic mass is 10.3. The average Bonchev–Trinajstić information content (AvgIpc) is 2.90. The molecular formula is C14H15Cl2N5O. The van der Waals surface area contributed by atoms with Crippen LogP contribution in [-0.4, -0.2) is 34.1 Å². The predicted molar refractivity (Wildman–Crippen MR) is 86.7 cm³/mol. The number of nitrogens with zero attached hydrogens (tertiary/aromatic N) is 4. The first kappa shape index (κ1) is 15.1. The van der Waals surface area contributed by atoms with E-state index in [2.05, 4.69) is 15.0 Å². The van der Waals surface area contributed by atoms with Gasteiger partial charge in [-0.1, -0.05) is 23.2 Å². The van der Waals surface area contributed by atoms with Crippen LogP contribution in [0.4, 0.5) is 11.9 Å². The Balaban J connectivity index is 1.68. The Hall–Kier alpha value is -1.79. The summed E-state index contributed by atoms with van der Waals surface area (Å²) in [5, 5.41) is 0.994. The van der Waals surface area contributed by atoms with E-state index in [4.69, 9.17) is 33.7 Å². The summed E-state index contributed by atoms with van der Waals surface area (Å²) in [5.74, 6) is 2.13. The quantitative estimate of drug-likeness (QED) is 0.926. The van der Waals surface area contributed by atoms with Crippen LogP contribution in [0.25, 0.3) is 0 Å². The Morgan fingerprint density at radius 1 is 1.23 bits per heavy atom. The molecule has 2 N–H and O–H groups in total. The Morgan fingerprint density at radius 3 is 2.77 bits per heavy atom. The second-order valence-electron chi connectivity index (χ2n) is 5.09. The molecule has 0 saturated carbocycles. The smallest absolute Gasteiger partial charge is 0.230 e. The highest BCUT2D eigenvalue weighted by Crippen LogP contribution is 2.28. The van der Waals surface area contributed by atoms with Crippen LogP contribution in [0.2, 0.25) is 10.0 Å². The summed E-state index contributed by atoms with van der Waals surface area (Å²) in [5.41, 5.74) is 5.67. The zero-order chi connectivity index (χ0) is 15.7. The van der Waals surface area contributed by atoms with Crippen LogP contribution in [-0.2, 0) is 0 Å². The summed E-state index contributed by atoms with van der Waals surface area (Å²) in [6.45, 7) is 3.28. The van der Waals surface area contributed by atoms with Gasteiger partial charge in [-0.2, -0.15) is 15.0 Å². The van der Waals surface area contributed by atoms with E-state index in [-0.39, 0.29) is 12.1 Å². The zero-order valence-electron chi connectivity index (χ0n) is 12.0. The van der Waals surface area contributed by atoms with E-state index < -0.39 is 0 Å². The number of aryl methyl sites for hydroxylation is 1. The van der Waals surface area contributed by atoms with Crippen LogP contribution in [0.15, 0.2) is 18.2 Å². The average molecular weight is 340 g/mol. The van der Waals surface area contributed by atoms with Gasteiger partial charge in [0.2, 0.25) is 11.9 Å². The number of anilines is 2. The van der Waals surface area contributed by atoms with Crippen molar-refractivity contribution >= 4 is 35.1 Å². The minimum absolute atomic E-state index is 0.0375. The number of halogens is 2. The van der Waals surface area contributed by atoms with Gasteiger partial charge in [-0.05, 0) is 19.1 Å². The number of hydrogen-bond donors (Lipinski definition) is 1. The molecule has 1 aromatic carbocycles. The van der Waals surface area contributed by atoms with Crippen molar-refractivity contribution < 1.29 is 4.74 Å². The Kier molecular flexibility index (Phi) is 4.22. The third kappa shape index (κ3) is 3.34. The van der Waals surface area contributed by atoms with Crippen LogP contribution < -0.4 is 15.4 Å². The van der Waals surface area contributed by atoms with Crippen LogP contribution >= 0.6 is 23.2 Å². The molecule has 2 heterocycles. The Bertz CT molecular complexity index is 677. The number of rotatable bonds is 3. The molecular weight excluding hydrogens is 325 g/mol. The SMILES string of the molecule is Cc1nc(N)nc(N2CCC(Oc3ccc(Cl)c(Cl)c3)C2)n1. The van der Waals surface area contributed by atoms with Crippen molar-refractivity contribution in [2.24, 2.45) is 0 Å². The molecule has 8 heteroatoms. The third-order valence-corrected chi connectivity index (χ3v) is 4.11. The maximum atomic E-state index is 6.00. The van der Waals surface area contributed by atoms with Gasteiger partial charge in [0, 0.05) is 19.0 Å². The molecule has 22 heavy (non-hydrogen) atoms. The maximum Gasteiger partial charge on any atom is 0.230 e. The molecule has 0 bridgehead atoms. The van der Waals surface area contributed by atoms with Crippen LogP contribution in [0.5, 0.6) is 5.75 Å². The van der Waals surface area contributed by atoms with E-state index in [1.165, 1.54) is 0 Å². The van der Waals surface area contributed by atoms with E-state index in [1.54, 1.807) is 19.1 Å². The van der Waals surface area contributed by atoms with E-state index >= 15 is 0 Å². The molecule has 1 aromatic heterocycles. The molecule has 1 fully saturated rings. The molecule has 1 atom stereocenters. The van der Waals surface area contributed by atoms with Crippen LogP contribution in [0.1, 0.15) is 12.2 Å². The van der Waals surface area contributed by atoms with Crippen molar-refractivity contribution in [3.63, 3.8) is 0 Å². The maximum absolute atomic E-state index is 6.00. The number of benzene rings is 1. The second kappa shape index (κ2) is 6.14. The lowest BCUT2D eigenvalue weighted by Crippen LogP contribution is -2.26. The molecule has 2 aromatic rings. The van der Waals surface area contributed by atoms with Gasteiger partial charge in [0.1, 0.15) is 17.7 Å². The van der Waals surface area contributed by atoms with E-state index in [0.717, 1.165) is 13.0 Å². The molecule has 0 aliphatic carbocycles. The largest absolute Gasteiger partial charge is 0.488 e. The number of nitrogens with two attached hydrogens (primary N) is 1. The van der Waals surface area contributed by atoms with Crippen LogP contribution in [0.3, 0.4) is 0 Å². The van der Waals surface area contributed by atoms with Crippen molar-refractivity contribution in [3.8, 4) is 5.75 Å². The van der Waals surface area contributed by atoms with Gasteiger partial charge in [0.05, 0.1) is 16.6 Å². The molecule has 1 unspecified atom stereocenters. The minimum Gasteiger partial charge on any atom is -0.488 e. The summed E-state index contributed by atoms with van der Waals surface area (Å²) in [4.78, 5) is 14.5. The minimum atomic E-state index is 0.0375. The van der Waals surface area contributed by atoms with Gasteiger partial charge in [0.15, 0.2) is 0 Å². The fraction of sp³-hybridized carbons (Fsp3) is 0.357. The second-order valence-corrected chi connectivity index (χ2v) is 5.91. The fourth-order valence-electron chi connectivity index (χ4n) is 2.38. The fourth-order valence-corrected chi connectivity index (χ4v) is 2.67. The highest BCUT2D eigenvalue weighted by atomic mass is 35.5. The number of ether oxygens (including phenoxy) is 1. The van der Waals surface area contributed by atoms with Crippen molar-refractivity contribution in [1.82, 2.24) is 15.0 Å². The number of hydrogen-bond acceptors (Lipinski definition) is 6. The Morgan fingerprint density at radius 2 is 2.05 bits per heavy atom. The summed E-state index contributed by atoms with van der Waals surface area (Å²) in [6, 6.07) is 5.25. The molecule has 116 valence electrons. The topological polar surface area (TPSA) is 77.2 Å². The summed E-state index contributed by atoms with van der Waals surface area (Å²) in [7, 11) is 0. The summed E-state index contributed by atoms with van der Waals surface area (Å²) >= 11 is 11.9. The summed E-state index contributed by atoms with van der Waals surface area (Å²) in [6.07, 6.45) is 0.903. The summed E-state index contributed by atoms with van der Waals surface area (Å²) < 4.78 is 5.94. The molecule has 1 saturated heterocycles. The lowest BCUT2D eigenvalue weighted by molar-refractivity contribution is 0.225. The Labute approximate surface area is 138 Å². The molecule has 6 nitrogen and oxygen atoms in total. The van der Waals surface area contributed by atoms with Crippen molar-refractivity contribution in [2.75, 3.05) is 23.7 Å². The van der Waals surface area contributed by atoms with E-state index in [1.807, 2.05) is 11.0 Å². The molecule has 0 amide bonds. The molecule has 1 aliphatic heterocycles. The molecule has 3 rings (SSSR count). The number of nitrogen functional groups attached to an aromatic ring is 1.